The average molecular weight is 404 g/mol. The van der Waals surface area contributed by atoms with Crippen LogP contribution in [0.4, 0.5) is 11.4 Å². The fourth-order valence-electron chi connectivity index (χ4n) is 3.91. The molecule has 6 nitrogen and oxygen atoms in total. The van der Waals surface area contributed by atoms with E-state index in [9.17, 15) is 9.59 Å². The minimum absolute atomic E-state index is 0.0458. The van der Waals surface area contributed by atoms with Gasteiger partial charge in [0, 0.05) is 30.1 Å². The lowest BCUT2D eigenvalue weighted by Crippen LogP contribution is -2.28. The molecule has 6 heteroatoms. The second-order valence-electron chi connectivity index (χ2n) is 7.42. The van der Waals surface area contributed by atoms with Gasteiger partial charge >= 0.3 is 0 Å². The summed E-state index contributed by atoms with van der Waals surface area (Å²) < 4.78 is 10.6. The summed E-state index contributed by atoms with van der Waals surface area (Å²) in [4.78, 5) is 27.4. The van der Waals surface area contributed by atoms with Crippen LogP contribution in [0.25, 0.3) is 10.8 Å². The number of methoxy groups -OCH3 is 2. The first kappa shape index (κ1) is 19.8. The normalized spacial score (nSPS) is 16.0. The van der Waals surface area contributed by atoms with Crippen LogP contribution < -0.4 is 19.7 Å². The van der Waals surface area contributed by atoms with E-state index >= 15 is 0 Å². The van der Waals surface area contributed by atoms with Crippen molar-refractivity contribution in [1.82, 2.24) is 0 Å². The first-order valence-corrected chi connectivity index (χ1v) is 9.83. The van der Waals surface area contributed by atoms with Gasteiger partial charge in [-0.2, -0.15) is 0 Å². The van der Waals surface area contributed by atoms with Gasteiger partial charge < -0.3 is 19.7 Å². The Kier molecular flexibility index (Phi) is 5.31. The van der Waals surface area contributed by atoms with Crippen LogP contribution in [0.1, 0.15) is 12.0 Å². The number of ether oxygens (including phenoxy) is 2. The minimum atomic E-state index is -0.427. The minimum Gasteiger partial charge on any atom is -0.493 e. The molecule has 1 N–H and O–H groups in total. The Labute approximate surface area is 175 Å². The highest BCUT2D eigenvalue weighted by Gasteiger charge is 2.36. The van der Waals surface area contributed by atoms with Gasteiger partial charge in [0.25, 0.3) is 0 Å². The van der Waals surface area contributed by atoms with Crippen molar-refractivity contribution in [1.29, 1.82) is 0 Å². The Morgan fingerprint density at radius 1 is 1.03 bits per heavy atom. The number of hydrogen-bond donors (Lipinski definition) is 1. The summed E-state index contributed by atoms with van der Waals surface area (Å²) in [5.74, 6) is 0.491. The van der Waals surface area contributed by atoms with Gasteiger partial charge in [-0.3, -0.25) is 9.59 Å². The molecule has 3 aromatic rings. The summed E-state index contributed by atoms with van der Waals surface area (Å²) >= 11 is 0. The smallest absolute Gasteiger partial charge is 0.229 e. The van der Waals surface area contributed by atoms with E-state index in [0.29, 0.717) is 23.7 Å². The number of anilines is 2. The van der Waals surface area contributed by atoms with E-state index in [2.05, 4.69) is 5.32 Å². The van der Waals surface area contributed by atoms with Gasteiger partial charge in [0.2, 0.25) is 11.8 Å². The van der Waals surface area contributed by atoms with E-state index in [-0.39, 0.29) is 18.2 Å². The molecule has 0 radical (unpaired) electrons. The fraction of sp³-hybridized carbons (Fsp3) is 0.250. The molecule has 3 aromatic carbocycles. The number of rotatable bonds is 5. The van der Waals surface area contributed by atoms with Crippen molar-refractivity contribution in [3.05, 3.63) is 60.2 Å². The Morgan fingerprint density at radius 2 is 1.73 bits per heavy atom. The van der Waals surface area contributed by atoms with Crippen molar-refractivity contribution in [2.24, 2.45) is 5.92 Å². The molecule has 2 amide bonds. The van der Waals surface area contributed by atoms with Crippen LogP contribution in [-0.2, 0) is 9.59 Å². The van der Waals surface area contributed by atoms with E-state index in [1.165, 1.54) is 0 Å². The van der Waals surface area contributed by atoms with Crippen molar-refractivity contribution in [3.8, 4) is 11.5 Å². The molecule has 0 unspecified atom stereocenters. The van der Waals surface area contributed by atoms with Crippen molar-refractivity contribution in [2.45, 2.75) is 13.3 Å². The average Bonchev–Trinajstić information content (AvgIpc) is 3.15. The molecule has 0 aromatic heterocycles. The molecular weight excluding hydrogens is 380 g/mol. The number of fused-ring (bicyclic) bond motifs is 1. The molecule has 154 valence electrons. The lowest BCUT2D eigenvalue weighted by molar-refractivity contribution is -0.122. The zero-order valence-corrected chi connectivity index (χ0v) is 17.3. The third kappa shape index (κ3) is 3.56. The van der Waals surface area contributed by atoms with Gasteiger partial charge in [-0.1, -0.05) is 36.4 Å². The van der Waals surface area contributed by atoms with Crippen LogP contribution in [0.2, 0.25) is 0 Å². The highest BCUT2D eigenvalue weighted by Crippen LogP contribution is 2.35. The fourth-order valence-corrected chi connectivity index (χ4v) is 3.91. The van der Waals surface area contributed by atoms with E-state index < -0.39 is 5.92 Å². The third-order valence-corrected chi connectivity index (χ3v) is 5.54. The van der Waals surface area contributed by atoms with E-state index in [1.807, 2.05) is 55.5 Å². The molecule has 0 bridgehead atoms. The first-order valence-electron chi connectivity index (χ1n) is 9.83. The van der Waals surface area contributed by atoms with Crippen LogP contribution >= 0.6 is 0 Å². The van der Waals surface area contributed by atoms with Crippen LogP contribution in [0, 0.1) is 12.8 Å². The topological polar surface area (TPSA) is 67.9 Å². The molecule has 0 aliphatic carbocycles. The summed E-state index contributed by atoms with van der Waals surface area (Å²) in [7, 11) is 3.12. The number of carbonyl (C=O) groups excluding carboxylic acids is 2. The monoisotopic (exact) mass is 404 g/mol. The number of nitrogens with zero attached hydrogens (tertiary/aromatic N) is 1. The van der Waals surface area contributed by atoms with Crippen molar-refractivity contribution in [2.75, 3.05) is 31.0 Å². The van der Waals surface area contributed by atoms with Gasteiger partial charge in [-0.15, -0.1) is 0 Å². The largest absolute Gasteiger partial charge is 0.493 e. The highest BCUT2D eigenvalue weighted by molar-refractivity contribution is 6.08. The van der Waals surface area contributed by atoms with E-state index in [4.69, 9.17) is 9.47 Å². The maximum Gasteiger partial charge on any atom is 0.229 e. The molecule has 30 heavy (non-hydrogen) atoms. The van der Waals surface area contributed by atoms with Crippen LogP contribution in [0.15, 0.2) is 54.6 Å². The molecule has 4 rings (SSSR count). The standard InChI is InChI=1S/C24H24N2O4/c1-15-11-21(29-2)22(30-3)13-19(15)25-24(28)17-12-23(27)26(14-17)20-10-6-8-16-7-4-5-9-18(16)20/h4-11,13,17H,12,14H2,1-3H3,(H,25,28)/t17-/m0/s1. The Balaban J connectivity index is 1.55. The first-order chi connectivity index (χ1) is 14.5. The zero-order valence-electron chi connectivity index (χ0n) is 17.3. The number of benzene rings is 3. The third-order valence-electron chi connectivity index (χ3n) is 5.54. The molecule has 1 saturated heterocycles. The zero-order chi connectivity index (χ0) is 21.3. The Bertz CT molecular complexity index is 1120. The number of nitrogens with one attached hydrogen (secondary N) is 1. The molecular formula is C24H24N2O4. The maximum absolute atomic E-state index is 12.9. The molecule has 1 fully saturated rings. The van der Waals surface area contributed by atoms with Gasteiger partial charge in [0.1, 0.15) is 0 Å². The van der Waals surface area contributed by atoms with Crippen LogP contribution in [-0.4, -0.2) is 32.6 Å². The second kappa shape index (κ2) is 8.06. The number of carbonyl (C=O) groups is 2. The number of amides is 2. The van der Waals surface area contributed by atoms with Gasteiger partial charge in [-0.05, 0) is 30.0 Å². The number of hydrogen-bond acceptors (Lipinski definition) is 4. The molecule has 0 saturated carbocycles. The maximum atomic E-state index is 12.9. The second-order valence-corrected chi connectivity index (χ2v) is 7.42. The highest BCUT2D eigenvalue weighted by atomic mass is 16.5. The Morgan fingerprint density at radius 3 is 2.50 bits per heavy atom. The van der Waals surface area contributed by atoms with Crippen LogP contribution in [0.5, 0.6) is 11.5 Å². The summed E-state index contributed by atoms with van der Waals surface area (Å²) in [6.45, 7) is 2.24. The van der Waals surface area contributed by atoms with E-state index in [0.717, 1.165) is 22.0 Å². The predicted octanol–water partition coefficient (Wildman–Crippen LogP) is 4.16. The summed E-state index contributed by atoms with van der Waals surface area (Å²) in [6, 6.07) is 17.4. The molecule has 0 spiro atoms. The SMILES string of the molecule is COc1cc(C)c(NC(=O)[C@H]2CC(=O)N(c3cccc4ccccc34)C2)cc1OC. The lowest BCUT2D eigenvalue weighted by Gasteiger charge is -2.19. The Hall–Kier alpha value is -3.54. The quantitative estimate of drug-likeness (QED) is 0.693. The summed E-state index contributed by atoms with van der Waals surface area (Å²) in [5, 5.41) is 5.03. The molecule has 1 atom stereocenters. The summed E-state index contributed by atoms with van der Waals surface area (Å²) in [6.07, 6.45) is 0.182. The van der Waals surface area contributed by atoms with Crippen LogP contribution in [0.3, 0.4) is 0 Å². The van der Waals surface area contributed by atoms with Crippen molar-refractivity contribution in [3.63, 3.8) is 0 Å². The molecule has 1 aliphatic rings. The van der Waals surface area contributed by atoms with Gasteiger partial charge in [0.05, 0.1) is 25.8 Å². The van der Waals surface area contributed by atoms with E-state index in [1.54, 1.807) is 25.2 Å². The predicted molar refractivity (Wildman–Crippen MR) is 117 cm³/mol. The van der Waals surface area contributed by atoms with Crippen molar-refractivity contribution < 1.29 is 19.1 Å². The molecule has 1 aliphatic heterocycles. The molecule has 1 heterocycles. The van der Waals surface area contributed by atoms with Crippen molar-refractivity contribution >= 4 is 34.0 Å². The lowest BCUT2D eigenvalue weighted by atomic mass is 10.1. The van der Waals surface area contributed by atoms with Gasteiger partial charge in [0.15, 0.2) is 11.5 Å². The summed E-state index contributed by atoms with van der Waals surface area (Å²) in [5.41, 5.74) is 2.35. The number of aryl methyl sites for hydroxylation is 1. The van der Waals surface area contributed by atoms with Gasteiger partial charge in [-0.25, -0.2) is 0 Å².